The summed E-state index contributed by atoms with van der Waals surface area (Å²) in [4.78, 5) is 11.8. The molecule has 5 nitrogen and oxygen atoms in total. The summed E-state index contributed by atoms with van der Waals surface area (Å²) in [6.45, 7) is 5.35. The van der Waals surface area contributed by atoms with Crippen LogP contribution in [0.25, 0.3) is 0 Å². The van der Waals surface area contributed by atoms with Crippen molar-refractivity contribution in [1.82, 2.24) is 10.5 Å². The summed E-state index contributed by atoms with van der Waals surface area (Å²) >= 11 is 0. The SMILES string of the molecule is CC(C)(C)c1cc(NC(=O)C2CC(F)(F)CN2)no1. The fourth-order valence-corrected chi connectivity index (χ4v) is 1.80. The first-order chi connectivity index (χ1) is 8.67. The van der Waals surface area contributed by atoms with Crippen LogP contribution in [0, 0.1) is 0 Å². The Balaban J connectivity index is 1.98. The lowest BCUT2D eigenvalue weighted by Crippen LogP contribution is -2.35. The number of amides is 1. The van der Waals surface area contributed by atoms with Crippen molar-refractivity contribution < 1.29 is 18.1 Å². The van der Waals surface area contributed by atoms with Gasteiger partial charge in [0, 0.05) is 17.9 Å². The largest absolute Gasteiger partial charge is 0.359 e. The van der Waals surface area contributed by atoms with Crippen LogP contribution in [0.1, 0.15) is 33.0 Å². The summed E-state index contributed by atoms with van der Waals surface area (Å²) in [5.74, 6) is -2.49. The summed E-state index contributed by atoms with van der Waals surface area (Å²) < 4.78 is 31.1. The van der Waals surface area contributed by atoms with Gasteiger partial charge in [0.25, 0.3) is 5.92 Å². The lowest BCUT2D eigenvalue weighted by Gasteiger charge is -2.12. The van der Waals surface area contributed by atoms with Crippen LogP contribution in [-0.4, -0.2) is 29.6 Å². The Hall–Kier alpha value is -1.50. The monoisotopic (exact) mass is 273 g/mol. The molecule has 1 atom stereocenters. The van der Waals surface area contributed by atoms with Crippen LogP contribution < -0.4 is 10.6 Å². The van der Waals surface area contributed by atoms with E-state index in [0.717, 1.165) is 0 Å². The van der Waals surface area contributed by atoms with Gasteiger partial charge in [-0.15, -0.1) is 0 Å². The van der Waals surface area contributed by atoms with Crippen LogP contribution in [0.15, 0.2) is 10.6 Å². The topological polar surface area (TPSA) is 67.2 Å². The van der Waals surface area contributed by atoms with Crippen molar-refractivity contribution in [3.05, 3.63) is 11.8 Å². The Morgan fingerprint density at radius 2 is 2.26 bits per heavy atom. The number of anilines is 1. The number of rotatable bonds is 2. The lowest BCUT2D eigenvalue weighted by atomic mass is 9.93. The minimum atomic E-state index is -2.83. The number of carbonyl (C=O) groups is 1. The number of alkyl halides is 2. The van der Waals surface area contributed by atoms with Gasteiger partial charge in [0.15, 0.2) is 5.82 Å². The number of nitrogens with zero attached hydrogens (tertiary/aromatic N) is 1. The minimum Gasteiger partial charge on any atom is -0.359 e. The van der Waals surface area contributed by atoms with E-state index in [1.807, 2.05) is 20.8 Å². The number of nitrogens with one attached hydrogen (secondary N) is 2. The van der Waals surface area contributed by atoms with E-state index < -0.39 is 30.8 Å². The number of halogens is 2. The Morgan fingerprint density at radius 3 is 2.74 bits per heavy atom. The summed E-state index contributed by atoms with van der Waals surface area (Å²) in [5, 5.41) is 8.67. The highest BCUT2D eigenvalue weighted by Gasteiger charge is 2.42. The third-order valence-corrected chi connectivity index (χ3v) is 2.93. The van der Waals surface area contributed by atoms with Gasteiger partial charge in [0.2, 0.25) is 5.91 Å². The van der Waals surface area contributed by atoms with E-state index in [1.165, 1.54) is 0 Å². The molecule has 2 N–H and O–H groups in total. The highest BCUT2D eigenvalue weighted by molar-refractivity contribution is 5.94. The second-order valence-electron chi connectivity index (χ2n) is 5.81. The van der Waals surface area contributed by atoms with E-state index in [4.69, 9.17) is 4.52 Å². The van der Waals surface area contributed by atoms with Crippen molar-refractivity contribution in [3.63, 3.8) is 0 Å². The number of hydrogen-bond donors (Lipinski definition) is 2. The Kier molecular flexibility index (Phi) is 3.34. The minimum absolute atomic E-state index is 0.228. The molecule has 1 aliphatic heterocycles. The molecule has 1 unspecified atom stereocenters. The van der Waals surface area contributed by atoms with Gasteiger partial charge in [-0.05, 0) is 0 Å². The maximum Gasteiger partial charge on any atom is 0.262 e. The Bertz CT molecular complexity index is 480. The summed E-state index contributed by atoms with van der Waals surface area (Å²) in [5.41, 5.74) is -0.228. The van der Waals surface area contributed by atoms with E-state index in [9.17, 15) is 13.6 Å². The second kappa shape index (κ2) is 4.56. The standard InChI is InChI=1S/C12H17F2N3O2/c1-11(2,3)8-4-9(17-19-8)16-10(18)7-5-12(13,14)6-15-7/h4,7,15H,5-6H2,1-3H3,(H,16,17,18). The number of aromatic nitrogens is 1. The zero-order valence-corrected chi connectivity index (χ0v) is 11.1. The molecule has 1 aromatic rings. The maximum absolute atomic E-state index is 13.0. The number of carbonyl (C=O) groups excluding carboxylic acids is 1. The average Bonchev–Trinajstić information content (AvgIpc) is 2.83. The molecule has 0 aromatic carbocycles. The van der Waals surface area contributed by atoms with Crippen LogP contribution in [0.5, 0.6) is 0 Å². The van der Waals surface area contributed by atoms with Crippen molar-refractivity contribution >= 4 is 11.7 Å². The fraction of sp³-hybridized carbons (Fsp3) is 0.667. The molecule has 0 radical (unpaired) electrons. The van der Waals surface area contributed by atoms with Gasteiger partial charge < -0.3 is 9.84 Å². The molecule has 106 valence electrons. The quantitative estimate of drug-likeness (QED) is 0.863. The molecule has 2 heterocycles. The molecule has 0 spiro atoms. The predicted molar refractivity (Wildman–Crippen MR) is 65.2 cm³/mol. The third kappa shape index (κ3) is 3.28. The van der Waals surface area contributed by atoms with Gasteiger partial charge in [-0.1, -0.05) is 25.9 Å². The highest BCUT2D eigenvalue weighted by Crippen LogP contribution is 2.27. The van der Waals surface area contributed by atoms with Gasteiger partial charge in [-0.2, -0.15) is 0 Å². The van der Waals surface area contributed by atoms with Gasteiger partial charge in [0.1, 0.15) is 5.76 Å². The van der Waals surface area contributed by atoms with Gasteiger partial charge in [-0.3, -0.25) is 10.1 Å². The van der Waals surface area contributed by atoms with Crippen LogP contribution in [0.4, 0.5) is 14.6 Å². The van der Waals surface area contributed by atoms with Crippen molar-refractivity contribution in [2.45, 2.75) is 44.6 Å². The molecule has 1 saturated heterocycles. The van der Waals surface area contributed by atoms with E-state index in [0.29, 0.717) is 5.76 Å². The normalized spacial score (nSPS) is 22.5. The lowest BCUT2D eigenvalue weighted by molar-refractivity contribution is -0.118. The second-order valence-corrected chi connectivity index (χ2v) is 5.81. The Labute approximate surface area is 109 Å². The molecule has 7 heteroatoms. The molecule has 0 bridgehead atoms. The van der Waals surface area contributed by atoms with Crippen LogP contribution in [0.2, 0.25) is 0 Å². The van der Waals surface area contributed by atoms with Crippen LogP contribution in [-0.2, 0) is 10.2 Å². The summed E-state index contributed by atoms with van der Waals surface area (Å²) in [6.07, 6.45) is -0.497. The Morgan fingerprint density at radius 1 is 1.58 bits per heavy atom. The van der Waals surface area contributed by atoms with E-state index >= 15 is 0 Å². The molecule has 1 aromatic heterocycles. The molecule has 1 amide bonds. The van der Waals surface area contributed by atoms with Gasteiger partial charge in [0.05, 0.1) is 12.6 Å². The highest BCUT2D eigenvalue weighted by atomic mass is 19.3. The fourth-order valence-electron chi connectivity index (χ4n) is 1.80. The van der Waals surface area contributed by atoms with Crippen molar-refractivity contribution in [2.75, 3.05) is 11.9 Å². The van der Waals surface area contributed by atoms with Crippen molar-refractivity contribution in [3.8, 4) is 0 Å². The molecular formula is C12H17F2N3O2. The first-order valence-electron chi connectivity index (χ1n) is 6.07. The van der Waals surface area contributed by atoms with E-state index in [-0.39, 0.29) is 11.2 Å². The average molecular weight is 273 g/mol. The molecule has 1 fully saturated rings. The van der Waals surface area contributed by atoms with Crippen LogP contribution >= 0.6 is 0 Å². The van der Waals surface area contributed by atoms with E-state index in [2.05, 4.69) is 15.8 Å². The first-order valence-corrected chi connectivity index (χ1v) is 6.07. The van der Waals surface area contributed by atoms with Crippen LogP contribution in [0.3, 0.4) is 0 Å². The van der Waals surface area contributed by atoms with E-state index in [1.54, 1.807) is 6.07 Å². The predicted octanol–water partition coefficient (Wildman–Crippen LogP) is 1.91. The zero-order valence-electron chi connectivity index (χ0n) is 11.1. The van der Waals surface area contributed by atoms with Crippen molar-refractivity contribution in [2.24, 2.45) is 0 Å². The summed E-state index contributed by atoms with van der Waals surface area (Å²) in [6, 6.07) is 0.704. The third-order valence-electron chi connectivity index (χ3n) is 2.93. The molecular weight excluding hydrogens is 256 g/mol. The molecule has 2 rings (SSSR count). The molecule has 0 aliphatic carbocycles. The maximum atomic E-state index is 13.0. The summed E-state index contributed by atoms with van der Waals surface area (Å²) in [7, 11) is 0. The van der Waals surface area contributed by atoms with Gasteiger partial charge >= 0.3 is 0 Å². The first kappa shape index (κ1) is 13.9. The van der Waals surface area contributed by atoms with Crippen molar-refractivity contribution in [1.29, 1.82) is 0 Å². The van der Waals surface area contributed by atoms with Gasteiger partial charge in [-0.25, -0.2) is 8.78 Å². The zero-order chi connectivity index (χ0) is 14.3. The molecule has 1 aliphatic rings. The number of hydrogen-bond acceptors (Lipinski definition) is 4. The molecule has 19 heavy (non-hydrogen) atoms. The molecule has 0 saturated carbocycles. The smallest absolute Gasteiger partial charge is 0.262 e.